The number of aryl methyl sites for hydroxylation is 1. The maximum atomic E-state index is 5.47. The highest BCUT2D eigenvalue weighted by Crippen LogP contribution is 2.10. The van der Waals surface area contributed by atoms with Crippen LogP contribution >= 0.6 is 0 Å². The fourth-order valence-corrected chi connectivity index (χ4v) is 0.970. The van der Waals surface area contributed by atoms with Crippen LogP contribution in [0.3, 0.4) is 0 Å². The smallest absolute Gasteiger partial charge is 0.233 e. The Morgan fingerprint density at radius 2 is 2.45 bits per heavy atom. The third-order valence-corrected chi connectivity index (χ3v) is 1.71. The zero-order valence-electron chi connectivity index (χ0n) is 6.42. The van der Waals surface area contributed by atoms with E-state index < -0.39 is 0 Å². The van der Waals surface area contributed by atoms with Crippen LogP contribution in [0.25, 0.3) is 0 Å². The van der Waals surface area contributed by atoms with Crippen molar-refractivity contribution in [3.8, 4) is 5.88 Å². The predicted molar refractivity (Wildman–Crippen MR) is 40.6 cm³/mol. The normalized spacial score (nSPS) is 17.9. The Labute approximate surface area is 64.9 Å². The lowest BCUT2D eigenvalue weighted by Crippen LogP contribution is -2.50. The van der Waals surface area contributed by atoms with Crippen LogP contribution < -0.4 is 10.1 Å². The van der Waals surface area contributed by atoms with Crippen LogP contribution in [0.2, 0.25) is 0 Å². The fraction of sp³-hybridized carbons (Fsp3) is 0.571. The molecule has 0 amide bonds. The van der Waals surface area contributed by atoms with E-state index in [1.165, 1.54) is 0 Å². The molecule has 0 unspecified atom stereocenters. The molecular formula is C7H11N3O. The van der Waals surface area contributed by atoms with Gasteiger partial charge in [0.05, 0.1) is 0 Å². The molecule has 60 valence electrons. The summed E-state index contributed by atoms with van der Waals surface area (Å²) in [5, 5.41) is 9.91. The summed E-state index contributed by atoms with van der Waals surface area (Å²) in [6, 6.07) is 1.90. The van der Waals surface area contributed by atoms with Crippen molar-refractivity contribution in [2.45, 2.75) is 13.0 Å². The molecule has 0 radical (unpaired) electrons. The molecule has 0 atom stereocenters. The number of nitrogens with zero attached hydrogens (tertiary/aromatic N) is 1. The molecule has 0 bridgehead atoms. The molecule has 4 nitrogen and oxygen atoms in total. The second kappa shape index (κ2) is 2.54. The molecule has 2 N–H and O–H groups in total. The highest BCUT2D eigenvalue weighted by molar-refractivity contribution is 5.13. The molecule has 0 spiro atoms. The summed E-state index contributed by atoms with van der Waals surface area (Å²) in [4.78, 5) is 0. The summed E-state index contributed by atoms with van der Waals surface area (Å²) in [6.45, 7) is 3.83. The van der Waals surface area contributed by atoms with Crippen LogP contribution in [-0.4, -0.2) is 29.4 Å². The number of ether oxygens (including phenoxy) is 1. The Morgan fingerprint density at radius 3 is 2.91 bits per heavy atom. The summed E-state index contributed by atoms with van der Waals surface area (Å²) < 4.78 is 5.47. The molecule has 11 heavy (non-hydrogen) atoms. The molecule has 1 fully saturated rings. The van der Waals surface area contributed by atoms with Crippen molar-refractivity contribution >= 4 is 0 Å². The average molecular weight is 153 g/mol. The van der Waals surface area contributed by atoms with E-state index in [2.05, 4.69) is 15.5 Å². The number of aromatic nitrogens is 2. The number of hydrogen-bond acceptors (Lipinski definition) is 3. The van der Waals surface area contributed by atoms with Crippen LogP contribution in [0.5, 0.6) is 5.88 Å². The van der Waals surface area contributed by atoms with E-state index in [9.17, 15) is 0 Å². The molecule has 0 aliphatic carbocycles. The molecule has 2 heterocycles. The van der Waals surface area contributed by atoms with Gasteiger partial charge in [0, 0.05) is 24.8 Å². The quantitative estimate of drug-likeness (QED) is 0.632. The van der Waals surface area contributed by atoms with Crippen LogP contribution in [0.15, 0.2) is 6.07 Å². The van der Waals surface area contributed by atoms with Crippen LogP contribution in [-0.2, 0) is 0 Å². The van der Waals surface area contributed by atoms with Gasteiger partial charge in [-0.25, -0.2) is 0 Å². The Hall–Kier alpha value is -1.03. The van der Waals surface area contributed by atoms with Gasteiger partial charge in [-0.15, -0.1) is 5.10 Å². The van der Waals surface area contributed by atoms with Gasteiger partial charge in [0.15, 0.2) is 0 Å². The van der Waals surface area contributed by atoms with Gasteiger partial charge < -0.3 is 10.1 Å². The SMILES string of the molecule is Cc1cc(OC2CNC2)n[nH]1. The first-order valence-electron chi connectivity index (χ1n) is 3.74. The minimum atomic E-state index is 0.317. The van der Waals surface area contributed by atoms with Gasteiger partial charge >= 0.3 is 0 Å². The highest BCUT2D eigenvalue weighted by Gasteiger charge is 2.18. The Morgan fingerprint density at radius 1 is 1.64 bits per heavy atom. The summed E-state index contributed by atoms with van der Waals surface area (Å²) in [7, 11) is 0. The second-order valence-electron chi connectivity index (χ2n) is 2.79. The van der Waals surface area contributed by atoms with E-state index in [-0.39, 0.29) is 0 Å². The third kappa shape index (κ3) is 1.35. The summed E-state index contributed by atoms with van der Waals surface area (Å²) in [5.41, 5.74) is 1.03. The van der Waals surface area contributed by atoms with E-state index in [1.54, 1.807) is 0 Å². The van der Waals surface area contributed by atoms with Crippen molar-refractivity contribution in [1.82, 2.24) is 15.5 Å². The van der Waals surface area contributed by atoms with E-state index in [1.807, 2.05) is 13.0 Å². The zero-order chi connectivity index (χ0) is 7.68. The number of rotatable bonds is 2. The molecule has 0 saturated carbocycles. The highest BCUT2D eigenvalue weighted by atomic mass is 16.5. The number of hydrogen-bond donors (Lipinski definition) is 2. The maximum absolute atomic E-state index is 5.47. The van der Waals surface area contributed by atoms with Crippen molar-refractivity contribution in [3.63, 3.8) is 0 Å². The lowest BCUT2D eigenvalue weighted by Gasteiger charge is -2.26. The largest absolute Gasteiger partial charge is 0.471 e. The van der Waals surface area contributed by atoms with Gasteiger partial charge in [0.25, 0.3) is 0 Å². The topological polar surface area (TPSA) is 49.9 Å². The first-order valence-corrected chi connectivity index (χ1v) is 3.74. The lowest BCUT2D eigenvalue weighted by atomic mass is 10.2. The van der Waals surface area contributed by atoms with Gasteiger partial charge in [-0.1, -0.05) is 0 Å². The van der Waals surface area contributed by atoms with Crippen LogP contribution in [0, 0.1) is 6.92 Å². The van der Waals surface area contributed by atoms with Gasteiger partial charge in [-0.05, 0) is 6.92 Å². The van der Waals surface area contributed by atoms with Gasteiger partial charge in [0.2, 0.25) is 5.88 Å². The molecule has 1 aliphatic heterocycles. The number of aromatic amines is 1. The monoisotopic (exact) mass is 153 g/mol. The first kappa shape index (κ1) is 6.67. The van der Waals surface area contributed by atoms with E-state index in [4.69, 9.17) is 4.74 Å². The summed E-state index contributed by atoms with van der Waals surface area (Å²) in [5.74, 6) is 0.703. The Balaban J connectivity index is 1.95. The molecule has 1 aromatic rings. The second-order valence-corrected chi connectivity index (χ2v) is 2.79. The Kier molecular flexibility index (Phi) is 1.54. The van der Waals surface area contributed by atoms with Gasteiger partial charge in [-0.2, -0.15) is 0 Å². The minimum Gasteiger partial charge on any atom is -0.471 e. The van der Waals surface area contributed by atoms with Crippen molar-refractivity contribution < 1.29 is 4.74 Å². The van der Waals surface area contributed by atoms with Crippen LogP contribution in [0.1, 0.15) is 5.69 Å². The van der Waals surface area contributed by atoms with Gasteiger partial charge in [-0.3, -0.25) is 5.10 Å². The standard InChI is InChI=1S/C7H11N3O/c1-5-2-7(10-9-5)11-6-3-8-4-6/h2,6,8H,3-4H2,1H3,(H,9,10). The summed E-state index contributed by atoms with van der Waals surface area (Å²) in [6.07, 6.45) is 0.317. The van der Waals surface area contributed by atoms with Crippen molar-refractivity contribution in [2.24, 2.45) is 0 Å². The summed E-state index contributed by atoms with van der Waals surface area (Å²) >= 11 is 0. The Bertz CT molecular complexity index is 242. The minimum absolute atomic E-state index is 0.317. The fourth-order valence-electron chi connectivity index (χ4n) is 0.970. The molecule has 4 heteroatoms. The maximum Gasteiger partial charge on any atom is 0.233 e. The van der Waals surface area contributed by atoms with Crippen molar-refractivity contribution in [1.29, 1.82) is 0 Å². The predicted octanol–water partition coefficient (Wildman–Crippen LogP) is 0.0687. The molecular weight excluding hydrogens is 142 g/mol. The van der Waals surface area contributed by atoms with Crippen molar-refractivity contribution in [3.05, 3.63) is 11.8 Å². The van der Waals surface area contributed by atoms with Crippen LogP contribution in [0.4, 0.5) is 0 Å². The van der Waals surface area contributed by atoms with E-state index in [0.29, 0.717) is 12.0 Å². The average Bonchev–Trinajstić information content (AvgIpc) is 2.27. The van der Waals surface area contributed by atoms with E-state index in [0.717, 1.165) is 18.8 Å². The lowest BCUT2D eigenvalue weighted by molar-refractivity contribution is 0.136. The number of H-pyrrole nitrogens is 1. The van der Waals surface area contributed by atoms with E-state index >= 15 is 0 Å². The molecule has 1 aliphatic rings. The zero-order valence-corrected chi connectivity index (χ0v) is 6.42. The molecule has 1 saturated heterocycles. The first-order chi connectivity index (χ1) is 5.34. The molecule has 0 aromatic carbocycles. The van der Waals surface area contributed by atoms with Gasteiger partial charge in [0.1, 0.15) is 6.10 Å². The third-order valence-electron chi connectivity index (χ3n) is 1.71. The van der Waals surface area contributed by atoms with Crippen molar-refractivity contribution in [2.75, 3.05) is 13.1 Å². The number of nitrogens with one attached hydrogen (secondary N) is 2. The molecule has 1 aromatic heterocycles. The molecule has 2 rings (SSSR count).